The third-order valence-corrected chi connectivity index (χ3v) is 4.67. The minimum atomic E-state index is -1.25. The molecule has 0 saturated carbocycles. The monoisotopic (exact) mass is 309 g/mol. The average molecular weight is 309 g/mol. The van der Waals surface area contributed by atoms with Crippen LogP contribution in [0.25, 0.3) is 0 Å². The molecule has 122 valence electrons. The fraction of sp³-hybridized carbons (Fsp3) is 0.800. The molecule has 1 amide bonds. The maximum Gasteiger partial charge on any atom is 0.310 e. The quantitative estimate of drug-likeness (QED) is 0.691. The number of ether oxygens (including phenoxy) is 1. The van der Waals surface area contributed by atoms with E-state index in [4.69, 9.17) is 0 Å². The molecule has 0 aromatic rings. The van der Waals surface area contributed by atoms with Gasteiger partial charge in [0, 0.05) is 12.3 Å². The average Bonchev–Trinajstić information content (AvgIpc) is 2.77. The van der Waals surface area contributed by atoms with Crippen LogP contribution in [-0.2, 0) is 14.3 Å². The van der Waals surface area contributed by atoms with Crippen molar-refractivity contribution in [3.8, 4) is 0 Å². The largest absolute Gasteiger partial charge is 0.434 e. The molecule has 0 aliphatic carbocycles. The lowest BCUT2D eigenvalue weighted by atomic mass is 9.98. The number of nitrogens with one attached hydrogen (secondary N) is 1. The molecule has 2 fully saturated rings. The third-order valence-electron chi connectivity index (χ3n) is 4.67. The molecular weight excluding hydrogens is 286 g/mol. The number of aliphatic hydroxyl groups is 1. The van der Waals surface area contributed by atoms with Crippen LogP contribution in [0.1, 0.15) is 38.5 Å². The number of aliphatic imine (C=N–C) groups is 1. The molecule has 0 aromatic heterocycles. The van der Waals surface area contributed by atoms with Crippen LogP contribution < -0.4 is 5.32 Å². The van der Waals surface area contributed by atoms with E-state index in [9.17, 15) is 14.7 Å². The molecule has 7 nitrogen and oxygen atoms in total. The van der Waals surface area contributed by atoms with Crippen LogP contribution in [0.15, 0.2) is 4.99 Å². The zero-order valence-electron chi connectivity index (χ0n) is 12.6. The molecule has 7 heteroatoms. The number of hydrogen-bond donors (Lipinski definition) is 2. The van der Waals surface area contributed by atoms with Gasteiger partial charge in [-0.15, -0.1) is 0 Å². The zero-order chi connectivity index (χ0) is 15.5. The Morgan fingerprint density at radius 2 is 2.18 bits per heavy atom. The Morgan fingerprint density at radius 3 is 2.95 bits per heavy atom. The summed E-state index contributed by atoms with van der Waals surface area (Å²) in [5.74, 6) is -0.698. The third kappa shape index (κ3) is 3.30. The van der Waals surface area contributed by atoms with Crippen molar-refractivity contribution in [3.63, 3.8) is 0 Å². The van der Waals surface area contributed by atoms with Crippen molar-refractivity contribution < 1.29 is 19.4 Å². The first kappa shape index (κ1) is 15.4. The van der Waals surface area contributed by atoms with Gasteiger partial charge in [0.15, 0.2) is 0 Å². The van der Waals surface area contributed by atoms with Crippen LogP contribution in [0.5, 0.6) is 0 Å². The summed E-state index contributed by atoms with van der Waals surface area (Å²) in [5.41, 5.74) is 0. The molecule has 4 atom stereocenters. The van der Waals surface area contributed by atoms with E-state index < -0.39 is 24.3 Å². The first-order chi connectivity index (χ1) is 10.6. The SMILES string of the molecule is O=C1CC(NC(=O)C2C=NCC3CCCCCCN32)C(O)O1. The molecule has 4 unspecified atom stereocenters. The molecule has 3 rings (SSSR count). The summed E-state index contributed by atoms with van der Waals surface area (Å²) in [7, 11) is 0. The van der Waals surface area contributed by atoms with Crippen LogP contribution >= 0.6 is 0 Å². The second-order valence-electron chi connectivity index (χ2n) is 6.25. The van der Waals surface area contributed by atoms with Gasteiger partial charge in [-0.1, -0.05) is 19.3 Å². The summed E-state index contributed by atoms with van der Waals surface area (Å²) in [4.78, 5) is 30.3. The van der Waals surface area contributed by atoms with E-state index in [2.05, 4.69) is 19.9 Å². The number of aliphatic hydroxyl groups excluding tert-OH is 1. The molecule has 3 aliphatic heterocycles. The van der Waals surface area contributed by atoms with Crippen molar-refractivity contribution in [2.24, 2.45) is 4.99 Å². The molecule has 2 saturated heterocycles. The van der Waals surface area contributed by atoms with Crippen molar-refractivity contribution in [1.82, 2.24) is 10.2 Å². The Morgan fingerprint density at radius 1 is 1.36 bits per heavy atom. The van der Waals surface area contributed by atoms with Crippen LogP contribution in [0.4, 0.5) is 0 Å². The number of fused-ring (bicyclic) bond motifs is 1. The lowest BCUT2D eigenvalue weighted by Crippen LogP contribution is -2.57. The number of hydrogen-bond acceptors (Lipinski definition) is 6. The number of esters is 1. The van der Waals surface area contributed by atoms with Crippen molar-refractivity contribution >= 4 is 18.1 Å². The molecule has 0 radical (unpaired) electrons. The van der Waals surface area contributed by atoms with Crippen molar-refractivity contribution in [3.05, 3.63) is 0 Å². The summed E-state index contributed by atoms with van der Waals surface area (Å²) >= 11 is 0. The van der Waals surface area contributed by atoms with E-state index in [1.54, 1.807) is 6.21 Å². The molecule has 3 aliphatic rings. The Balaban J connectivity index is 1.66. The summed E-state index contributed by atoms with van der Waals surface area (Å²) in [6.07, 6.45) is 6.22. The highest BCUT2D eigenvalue weighted by Crippen LogP contribution is 2.22. The van der Waals surface area contributed by atoms with Crippen LogP contribution in [-0.4, -0.2) is 65.6 Å². The summed E-state index contributed by atoms with van der Waals surface area (Å²) in [5, 5.41) is 12.3. The van der Waals surface area contributed by atoms with E-state index >= 15 is 0 Å². The smallest absolute Gasteiger partial charge is 0.310 e. The van der Waals surface area contributed by atoms with Crippen molar-refractivity contribution in [2.45, 2.75) is 62.9 Å². The molecule has 0 aromatic carbocycles. The predicted octanol–water partition coefficient (Wildman–Crippen LogP) is -0.176. The summed E-state index contributed by atoms with van der Waals surface area (Å²) < 4.78 is 4.66. The lowest BCUT2D eigenvalue weighted by molar-refractivity contribution is -0.155. The van der Waals surface area contributed by atoms with Gasteiger partial charge in [-0.3, -0.25) is 19.5 Å². The summed E-state index contributed by atoms with van der Waals surface area (Å²) in [6, 6.07) is -0.768. The highest BCUT2D eigenvalue weighted by Gasteiger charge is 2.38. The fourth-order valence-corrected chi connectivity index (χ4v) is 3.46. The van der Waals surface area contributed by atoms with Gasteiger partial charge in [-0.2, -0.15) is 0 Å². The van der Waals surface area contributed by atoms with Gasteiger partial charge in [0.1, 0.15) is 12.1 Å². The Kier molecular flexibility index (Phi) is 4.73. The maximum absolute atomic E-state index is 12.5. The predicted molar refractivity (Wildman–Crippen MR) is 79.4 cm³/mol. The minimum absolute atomic E-state index is 0.0141. The molecule has 0 bridgehead atoms. The normalized spacial score (nSPS) is 36.1. The first-order valence-electron chi connectivity index (χ1n) is 8.09. The van der Waals surface area contributed by atoms with E-state index in [-0.39, 0.29) is 12.3 Å². The lowest BCUT2D eigenvalue weighted by Gasteiger charge is -2.39. The molecular formula is C15H23N3O4. The molecule has 0 spiro atoms. The summed E-state index contributed by atoms with van der Waals surface area (Å²) in [6.45, 7) is 1.63. The van der Waals surface area contributed by atoms with Gasteiger partial charge in [-0.25, -0.2) is 0 Å². The van der Waals surface area contributed by atoms with Gasteiger partial charge < -0.3 is 15.2 Å². The van der Waals surface area contributed by atoms with E-state index in [1.807, 2.05) is 0 Å². The second-order valence-corrected chi connectivity index (χ2v) is 6.25. The molecule has 22 heavy (non-hydrogen) atoms. The Hall–Kier alpha value is -1.47. The van der Waals surface area contributed by atoms with Crippen LogP contribution in [0.3, 0.4) is 0 Å². The second kappa shape index (κ2) is 6.75. The van der Waals surface area contributed by atoms with Gasteiger partial charge in [0.05, 0.1) is 13.0 Å². The number of amides is 1. The topological polar surface area (TPSA) is 91.2 Å². The van der Waals surface area contributed by atoms with Gasteiger partial charge in [0.25, 0.3) is 0 Å². The van der Waals surface area contributed by atoms with Crippen molar-refractivity contribution in [2.75, 3.05) is 13.1 Å². The van der Waals surface area contributed by atoms with Crippen molar-refractivity contribution in [1.29, 1.82) is 0 Å². The highest BCUT2D eigenvalue weighted by molar-refractivity contribution is 5.98. The molecule has 3 heterocycles. The molecule has 2 N–H and O–H groups in total. The minimum Gasteiger partial charge on any atom is -0.434 e. The van der Waals surface area contributed by atoms with Crippen LogP contribution in [0.2, 0.25) is 0 Å². The van der Waals surface area contributed by atoms with E-state index in [0.29, 0.717) is 6.04 Å². The zero-order valence-corrected chi connectivity index (χ0v) is 12.6. The number of carbonyl (C=O) groups excluding carboxylic acids is 2. The number of cyclic esters (lactones) is 1. The Bertz CT molecular complexity index is 468. The van der Waals surface area contributed by atoms with Gasteiger partial charge in [0.2, 0.25) is 12.2 Å². The number of carbonyl (C=O) groups is 2. The number of nitrogens with zero attached hydrogens (tertiary/aromatic N) is 2. The first-order valence-corrected chi connectivity index (χ1v) is 8.09. The van der Waals surface area contributed by atoms with Gasteiger partial charge in [-0.05, 0) is 19.4 Å². The van der Waals surface area contributed by atoms with E-state index in [0.717, 1.165) is 25.9 Å². The van der Waals surface area contributed by atoms with Crippen LogP contribution in [0, 0.1) is 0 Å². The Labute approximate surface area is 129 Å². The van der Waals surface area contributed by atoms with Gasteiger partial charge >= 0.3 is 5.97 Å². The standard InChI is InChI=1S/C15H23N3O4/c19-13-7-11(15(21)22-13)17-14(20)12-9-16-8-10-5-3-1-2-4-6-18(10)12/h9-12,15,21H,1-8H2,(H,17,20). The number of rotatable bonds is 2. The fourth-order valence-electron chi connectivity index (χ4n) is 3.46. The highest BCUT2D eigenvalue weighted by atomic mass is 16.6. The maximum atomic E-state index is 12.5. The van der Waals surface area contributed by atoms with E-state index in [1.165, 1.54) is 19.3 Å².